The molecule has 0 rings (SSSR count). The van der Waals surface area contributed by atoms with Crippen molar-refractivity contribution in [2.45, 2.75) is 32.6 Å². The van der Waals surface area contributed by atoms with Gasteiger partial charge in [-0.1, -0.05) is 19.8 Å². The fourth-order valence-corrected chi connectivity index (χ4v) is 0.763. The molecule has 0 atom stereocenters. The summed E-state index contributed by atoms with van der Waals surface area (Å²) in [5.74, 6) is 0.371. The Kier molecular flexibility index (Phi) is 11.5. The number of halogens is 3. The van der Waals surface area contributed by atoms with Crippen LogP contribution in [0.1, 0.15) is 32.6 Å². The molecule has 0 unspecified atom stereocenters. The zero-order valence-electron chi connectivity index (χ0n) is 7.69. The molecule has 0 aliphatic rings. The third-order valence-electron chi connectivity index (χ3n) is 1.33. The van der Waals surface area contributed by atoms with Crippen LogP contribution in [0.4, 0.5) is 12.9 Å². The number of rotatable bonds is 5. The summed E-state index contributed by atoms with van der Waals surface area (Å²) in [6.07, 6.45) is 4.68. The fourth-order valence-electron chi connectivity index (χ4n) is 0.763. The van der Waals surface area contributed by atoms with Crippen molar-refractivity contribution >= 4 is 6.98 Å². The van der Waals surface area contributed by atoms with E-state index in [4.69, 9.17) is 0 Å². The molecule has 0 aliphatic carbocycles. The minimum atomic E-state index is -4.70. The maximum absolute atomic E-state index is 11.5. The van der Waals surface area contributed by atoms with E-state index in [1.165, 1.54) is 6.08 Å². The van der Waals surface area contributed by atoms with Gasteiger partial charge < -0.3 is 12.9 Å². The molecular formula is C7H13BF3K. The summed E-state index contributed by atoms with van der Waals surface area (Å²) in [7, 11) is 0. The van der Waals surface area contributed by atoms with Gasteiger partial charge in [0.05, 0.1) is 0 Å². The molecule has 0 aliphatic heterocycles. The minimum Gasteiger partial charge on any atom is -0.445 e. The van der Waals surface area contributed by atoms with Crippen molar-refractivity contribution in [2.75, 3.05) is 0 Å². The predicted octanol–water partition coefficient (Wildman–Crippen LogP) is 0.513. The van der Waals surface area contributed by atoms with Crippen LogP contribution in [-0.2, 0) is 0 Å². The molecule has 0 aromatic carbocycles. The molecule has 0 saturated carbocycles. The second-order valence-corrected chi connectivity index (χ2v) is 2.55. The van der Waals surface area contributed by atoms with Gasteiger partial charge in [-0.05, 0) is 12.8 Å². The van der Waals surface area contributed by atoms with Crippen LogP contribution in [0.2, 0.25) is 0 Å². The van der Waals surface area contributed by atoms with Gasteiger partial charge in [0.25, 0.3) is 0 Å². The van der Waals surface area contributed by atoms with Gasteiger partial charge in [-0.3, -0.25) is 0 Å². The Balaban J connectivity index is 0. The molecule has 0 heterocycles. The van der Waals surface area contributed by atoms with Crippen LogP contribution in [0, 0.1) is 0 Å². The third-order valence-corrected chi connectivity index (χ3v) is 1.33. The molecule has 0 saturated heterocycles. The van der Waals surface area contributed by atoms with Crippen molar-refractivity contribution in [1.29, 1.82) is 0 Å². The molecule has 0 aromatic rings. The number of hydrogen-bond acceptors (Lipinski definition) is 0. The SMILES string of the molecule is CCCCC/C=C/[B-](F)(F)F.[K+]. The second kappa shape index (κ2) is 8.81. The van der Waals surface area contributed by atoms with Crippen LogP contribution >= 0.6 is 0 Å². The Hall–Kier alpha value is 1.23. The average Bonchev–Trinajstić information content (AvgIpc) is 1.85. The molecule has 0 bridgehead atoms. The maximum Gasteiger partial charge on any atom is 1.00 e. The normalized spacial score (nSPS) is 11.7. The quantitative estimate of drug-likeness (QED) is 0.452. The minimum absolute atomic E-state index is 0. The van der Waals surface area contributed by atoms with Gasteiger partial charge in [-0.15, -0.1) is 12.1 Å². The van der Waals surface area contributed by atoms with Crippen LogP contribution in [0.5, 0.6) is 0 Å². The van der Waals surface area contributed by atoms with E-state index in [0.29, 0.717) is 12.4 Å². The Bertz CT molecular complexity index is 122. The summed E-state index contributed by atoms with van der Waals surface area (Å²) in [6, 6.07) is 0. The van der Waals surface area contributed by atoms with Crippen LogP contribution in [0.15, 0.2) is 12.1 Å². The Morgan fingerprint density at radius 3 is 2.17 bits per heavy atom. The number of hydrogen-bond donors (Lipinski definition) is 0. The molecule has 0 N–H and O–H groups in total. The second-order valence-electron chi connectivity index (χ2n) is 2.55. The fraction of sp³-hybridized carbons (Fsp3) is 0.714. The summed E-state index contributed by atoms with van der Waals surface area (Å²) in [6.45, 7) is -2.68. The largest absolute Gasteiger partial charge is 1.00 e. The van der Waals surface area contributed by atoms with Crippen molar-refractivity contribution < 1.29 is 64.3 Å². The van der Waals surface area contributed by atoms with Crippen molar-refractivity contribution in [3.05, 3.63) is 12.1 Å². The zero-order valence-corrected chi connectivity index (χ0v) is 10.8. The van der Waals surface area contributed by atoms with E-state index in [1.54, 1.807) is 0 Å². The topological polar surface area (TPSA) is 0 Å². The van der Waals surface area contributed by atoms with Crippen molar-refractivity contribution in [2.24, 2.45) is 0 Å². The molecule has 12 heavy (non-hydrogen) atoms. The van der Waals surface area contributed by atoms with E-state index in [1.807, 2.05) is 6.92 Å². The third kappa shape index (κ3) is 13.8. The Morgan fingerprint density at radius 2 is 1.75 bits per heavy atom. The van der Waals surface area contributed by atoms with Gasteiger partial charge in [0.15, 0.2) is 0 Å². The van der Waals surface area contributed by atoms with Crippen LogP contribution in [-0.4, -0.2) is 6.98 Å². The Morgan fingerprint density at radius 1 is 1.17 bits per heavy atom. The first-order valence-electron chi connectivity index (χ1n) is 3.94. The van der Waals surface area contributed by atoms with E-state index in [0.717, 1.165) is 19.3 Å². The van der Waals surface area contributed by atoms with Crippen molar-refractivity contribution in [3.63, 3.8) is 0 Å². The first-order chi connectivity index (χ1) is 5.06. The van der Waals surface area contributed by atoms with Gasteiger partial charge in [0, 0.05) is 0 Å². The van der Waals surface area contributed by atoms with Crippen LogP contribution in [0.3, 0.4) is 0 Å². The monoisotopic (exact) mass is 204 g/mol. The smallest absolute Gasteiger partial charge is 0.445 e. The molecule has 0 amide bonds. The Labute approximate surface area is 114 Å². The molecule has 0 spiro atoms. The van der Waals surface area contributed by atoms with E-state index < -0.39 is 6.98 Å². The first kappa shape index (κ1) is 15.7. The van der Waals surface area contributed by atoms with Gasteiger partial charge in [0.2, 0.25) is 0 Å². The van der Waals surface area contributed by atoms with Crippen LogP contribution < -0.4 is 51.4 Å². The molecule has 66 valence electrons. The van der Waals surface area contributed by atoms with Gasteiger partial charge in [-0.25, -0.2) is 0 Å². The first-order valence-corrected chi connectivity index (χ1v) is 3.94. The standard InChI is InChI=1S/C7H13BF3.K/c1-2-3-4-5-6-7-8(9,10)11;/h6-7H,2-5H2,1H3;/q-1;+1/b7-6+;. The van der Waals surface area contributed by atoms with E-state index in [-0.39, 0.29) is 51.4 Å². The maximum atomic E-state index is 11.5. The van der Waals surface area contributed by atoms with Crippen molar-refractivity contribution in [3.8, 4) is 0 Å². The van der Waals surface area contributed by atoms with Crippen LogP contribution in [0.25, 0.3) is 0 Å². The van der Waals surface area contributed by atoms with Gasteiger partial charge in [-0.2, -0.15) is 0 Å². The summed E-state index contributed by atoms with van der Waals surface area (Å²) in [4.78, 5) is 0. The number of unbranched alkanes of at least 4 members (excludes halogenated alkanes) is 3. The van der Waals surface area contributed by atoms with E-state index in [9.17, 15) is 12.9 Å². The summed E-state index contributed by atoms with van der Waals surface area (Å²) in [5, 5.41) is 0. The zero-order chi connectivity index (χ0) is 8.74. The molecule has 5 heteroatoms. The molecule has 0 nitrogen and oxygen atoms in total. The average molecular weight is 204 g/mol. The number of allylic oxidation sites excluding steroid dienone is 1. The van der Waals surface area contributed by atoms with Gasteiger partial charge >= 0.3 is 58.4 Å². The van der Waals surface area contributed by atoms with Gasteiger partial charge in [0.1, 0.15) is 0 Å². The summed E-state index contributed by atoms with van der Waals surface area (Å²) in [5.41, 5.74) is 0. The van der Waals surface area contributed by atoms with E-state index in [2.05, 4.69) is 0 Å². The molecule has 0 aromatic heterocycles. The summed E-state index contributed by atoms with van der Waals surface area (Å²) < 4.78 is 34.6. The summed E-state index contributed by atoms with van der Waals surface area (Å²) >= 11 is 0. The predicted molar refractivity (Wildman–Crippen MR) is 42.4 cm³/mol. The van der Waals surface area contributed by atoms with E-state index >= 15 is 0 Å². The molecule has 0 radical (unpaired) electrons. The molecular weight excluding hydrogens is 191 g/mol. The van der Waals surface area contributed by atoms with Crippen molar-refractivity contribution in [1.82, 2.24) is 0 Å². The molecule has 0 fully saturated rings.